The zero-order chi connectivity index (χ0) is 17.7. The van der Waals surface area contributed by atoms with Crippen LogP contribution >= 0.6 is 0 Å². The van der Waals surface area contributed by atoms with Crippen molar-refractivity contribution in [1.29, 1.82) is 0 Å². The first-order chi connectivity index (χ1) is 11.3. The Morgan fingerprint density at radius 3 is 2.79 bits per heavy atom. The van der Waals surface area contributed by atoms with Gasteiger partial charge in [-0.1, -0.05) is 11.6 Å². The van der Waals surface area contributed by atoms with Crippen LogP contribution in [0.1, 0.15) is 37.6 Å². The van der Waals surface area contributed by atoms with Gasteiger partial charge in [-0.3, -0.25) is 0 Å². The Kier molecular flexibility index (Phi) is 5.85. The smallest absolute Gasteiger partial charge is 0.337 e. The van der Waals surface area contributed by atoms with E-state index in [9.17, 15) is 9.90 Å². The predicted octanol–water partition coefficient (Wildman–Crippen LogP) is 3.29. The highest BCUT2D eigenvalue weighted by Gasteiger charge is 2.32. The van der Waals surface area contributed by atoms with Crippen molar-refractivity contribution in [2.75, 3.05) is 25.6 Å². The monoisotopic (exact) mass is 335 g/mol. The van der Waals surface area contributed by atoms with Crippen molar-refractivity contribution >= 4 is 11.7 Å². The summed E-state index contributed by atoms with van der Waals surface area (Å²) in [5.41, 5.74) is 1.88. The molecule has 1 atom stereocenters. The van der Waals surface area contributed by atoms with Crippen molar-refractivity contribution in [2.24, 2.45) is 0 Å². The lowest BCUT2D eigenvalue weighted by atomic mass is 10.1. The van der Waals surface area contributed by atoms with Gasteiger partial charge in [-0.2, -0.15) is 0 Å². The first-order valence-electron chi connectivity index (χ1n) is 7.95. The van der Waals surface area contributed by atoms with E-state index in [2.05, 4.69) is 5.32 Å². The van der Waals surface area contributed by atoms with Gasteiger partial charge in [0.15, 0.2) is 5.79 Å². The number of carboxylic acid groups (broad SMARTS) is 1. The second kappa shape index (κ2) is 7.68. The molecular formula is C18H25NO5. The molecule has 6 nitrogen and oxygen atoms in total. The number of carbonyl (C=O) groups is 1. The van der Waals surface area contributed by atoms with Crippen molar-refractivity contribution in [3.8, 4) is 5.75 Å². The molecular weight excluding hydrogens is 310 g/mol. The summed E-state index contributed by atoms with van der Waals surface area (Å²) < 4.78 is 16.5. The molecule has 1 aliphatic heterocycles. The topological polar surface area (TPSA) is 77.0 Å². The van der Waals surface area contributed by atoms with Gasteiger partial charge in [0.25, 0.3) is 0 Å². The minimum absolute atomic E-state index is 0.0165. The molecule has 1 aromatic rings. The fourth-order valence-corrected chi connectivity index (χ4v) is 2.64. The molecule has 0 radical (unpaired) electrons. The minimum Gasteiger partial charge on any atom is -0.497 e. The lowest BCUT2D eigenvalue weighted by Crippen LogP contribution is -2.22. The summed E-state index contributed by atoms with van der Waals surface area (Å²) in [5.74, 6) is -1.01. The molecule has 0 spiro atoms. The Bertz CT molecular complexity index is 624. The van der Waals surface area contributed by atoms with E-state index in [4.69, 9.17) is 14.2 Å². The molecule has 2 N–H and O–H groups in total. The van der Waals surface area contributed by atoms with Crippen LogP contribution in [-0.4, -0.2) is 43.2 Å². The van der Waals surface area contributed by atoms with Gasteiger partial charge in [-0.25, -0.2) is 4.79 Å². The maximum atomic E-state index is 11.4. The molecule has 0 aromatic heterocycles. The Morgan fingerprint density at radius 2 is 2.25 bits per heavy atom. The van der Waals surface area contributed by atoms with Gasteiger partial charge in [-0.05, 0) is 45.4 Å². The first-order valence-corrected chi connectivity index (χ1v) is 7.95. The SMILES string of the molecule is C/C=C(\CNc1ccc(OC)cc1C(=O)O)CC1COC(C)(C)O1. The fourth-order valence-electron chi connectivity index (χ4n) is 2.64. The van der Waals surface area contributed by atoms with Crippen LogP contribution in [0.15, 0.2) is 29.8 Å². The average molecular weight is 335 g/mol. The van der Waals surface area contributed by atoms with Gasteiger partial charge in [-0.15, -0.1) is 0 Å². The van der Waals surface area contributed by atoms with Crippen LogP contribution in [-0.2, 0) is 9.47 Å². The predicted molar refractivity (Wildman–Crippen MR) is 91.7 cm³/mol. The Labute approximate surface area is 142 Å². The van der Waals surface area contributed by atoms with Gasteiger partial charge < -0.3 is 24.6 Å². The fraction of sp³-hybridized carbons (Fsp3) is 0.500. The Hall–Kier alpha value is -2.05. The number of hydrogen-bond acceptors (Lipinski definition) is 5. The second-order valence-corrected chi connectivity index (χ2v) is 6.17. The number of carboxylic acids is 1. The van der Waals surface area contributed by atoms with E-state index in [0.29, 0.717) is 24.6 Å². The number of nitrogens with one attached hydrogen (secondary N) is 1. The molecule has 1 saturated heterocycles. The van der Waals surface area contributed by atoms with Crippen molar-refractivity contribution < 1.29 is 24.1 Å². The normalized spacial score (nSPS) is 20.0. The molecule has 2 rings (SSSR count). The summed E-state index contributed by atoms with van der Waals surface area (Å²) in [5, 5.41) is 12.5. The number of anilines is 1. The van der Waals surface area contributed by atoms with E-state index in [0.717, 1.165) is 12.0 Å². The molecule has 0 bridgehead atoms. The van der Waals surface area contributed by atoms with E-state index in [1.165, 1.54) is 13.2 Å². The summed E-state index contributed by atoms with van der Waals surface area (Å²) in [6.45, 7) is 6.87. The third kappa shape index (κ3) is 4.72. The average Bonchev–Trinajstić information content (AvgIpc) is 2.89. The van der Waals surface area contributed by atoms with Gasteiger partial charge >= 0.3 is 5.97 Å². The molecule has 1 unspecified atom stereocenters. The van der Waals surface area contributed by atoms with Crippen LogP contribution in [0.5, 0.6) is 5.75 Å². The molecule has 1 aromatic carbocycles. The molecule has 0 saturated carbocycles. The lowest BCUT2D eigenvalue weighted by molar-refractivity contribution is -0.138. The molecule has 1 fully saturated rings. The Morgan fingerprint density at radius 1 is 1.50 bits per heavy atom. The number of aromatic carboxylic acids is 1. The van der Waals surface area contributed by atoms with E-state index < -0.39 is 11.8 Å². The van der Waals surface area contributed by atoms with Crippen LogP contribution in [0.25, 0.3) is 0 Å². The summed E-state index contributed by atoms with van der Waals surface area (Å²) in [6, 6.07) is 4.96. The molecule has 0 aliphatic carbocycles. The highest BCUT2D eigenvalue weighted by molar-refractivity contribution is 5.94. The number of hydrogen-bond donors (Lipinski definition) is 2. The van der Waals surface area contributed by atoms with Crippen molar-refractivity contribution in [3.63, 3.8) is 0 Å². The third-order valence-electron chi connectivity index (χ3n) is 3.93. The molecule has 0 amide bonds. The van der Waals surface area contributed by atoms with Gasteiger partial charge in [0.2, 0.25) is 0 Å². The van der Waals surface area contributed by atoms with Crippen molar-refractivity contribution in [2.45, 2.75) is 39.1 Å². The second-order valence-electron chi connectivity index (χ2n) is 6.17. The summed E-state index contributed by atoms with van der Waals surface area (Å²) in [7, 11) is 1.51. The van der Waals surface area contributed by atoms with Crippen LogP contribution in [0.2, 0.25) is 0 Å². The Balaban J connectivity index is 2.00. The lowest BCUT2D eigenvalue weighted by Gasteiger charge is -2.18. The number of rotatable bonds is 7. The van der Waals surface area contributed by atoms with Crippen LogP contribution in [0.3, 0.4) is 0 Å². The number of ether oxygens (including phenoxy) is 3. The molecule has 132 valence electrons. The quantitative estimate of drug-likeness (QED) is 0.745. The van der Waals surface area contributed by atoms with E-state index >= 15 is 0 Å². The van der Waals surface area contributed by atoms with Gasteiger partial charge in [0, 0.05) is 12.2 Å². The summed E-state index contributed by atoms with van der Waals surface area (Å²) >= 11 is 0. The standard InChI is InChI=1S/C18H25NO5/c1-5-12(8-14-11-23-18(2,3)24-14)10-19-16-7-6-13(22-4)9-15(16)17(20)21/h5-7,9,14,19H,8,10-11H2,1-4H3,(H,20,21)/b12-5-. The number of allylic oxidation sites excluding steroid dienone is 1. The van der Waals surface area contributed by atoms with Crippen LogP contribution in [0.4, 0.5) is 5.69 Å². The maximum absolute atomic E-state index is 11.4. The largest absolute Gasteiger partial charge is 0.497 e. The van der Waals surface area contributed by atoms with Gasteiger partial charge in [0.05, 0.1) is 25.4 Å². The molecule has 1 heterocycles. The molecule has 6 heteroatoms. The zero-order valence-electron chi connectivity index (χ0n) is 14.6. The minimum atomic E-state index is -0.993. The first kappa shape index (κ1) is 18.3. The van der Waals surface area contributed by atoms with Crippen molar-refractivity contribution in [1.82, 2.24) is 0 Å². The van der Waals surface area contributed by atoms with E-state index in [1.54, 1.807) is 12.1 Å². The van der Waals surface area contributed by atoms with E-state index in [1.807, 2.05) is 26.8 Å². The number of methoxy groups -OCH3 is 1. The number of benzene rings is 1. The zero-order valence-corrected chi connectivity index (χ0v) is 14.6. The summed E-state index contributed by atoms with van der Waals surface area (Å²) in [4.78, 5) is 11.4. The molecule has 24 heavy (non-hydrogen) atoms. The van der Waals surface area contributed by atoms with Crippen molar-refractivity contribution in [3.05, 3.63) is 35.4 Å². The maximum Gasteiger partial charge on any atom is 0.337 e. The van der Waals surface area contributed by atoms with E-state index in [-0.39, 0.29) is 11.7 Å². The summed E-state index contributed by atoms with van der Waals surface area (Å²) in [6.07, 6.45) is 2.78. The van der Waals surface area contributed by atoms with Crippen LogP contribution in [0, 0.1) is 0 Å². The molecule has 1 aliphatic rings. The highest BCUT2D eigenvalue weighted by Crippen LogP contribution is 2.27. The third-order valence-corrected chi connectivity index (χ3v) is 3.93. The van der Waals surface area contributed by atoms with Crippen LogP contribution < -0.4 is 10.1 Å². The van der Waals surface area contributed by atoms with Gasteiger partial charge in [0.1, 0.15) is 5.75 Å². The highest BCUT2D eigenvalue weighted by atomic mass is 16.7.